The molecule has 0 bridgehead atoms. The highest BCUT2D eigenvalue weighted by Crippen LogP contribution is 2.38. The Morgan fingerprint density at radius 1 is 1.28 bits per heavy atom. The van der Waals surface area contributed by atoms with Crippen LogP contribution in [0.15, 0.2) is 16.6 Å². The summed E-state index contributed by atoms with van der Waals surface area (Å²) in [7, 11) is 3.48. The SMILES string of the molecule is COc1cc(C)c(C)cc1-c1nn(C)c(N)c1Br. The lowest BCUT2D eigenvalue weighted by molar-refractivity contribution is 0.416. The number of ether oxygens (including phenoxy) is 1. The van der Waals surface area contributed by atoms with Crippen molar-refractivity contribution >= 4 is 21.7 Å². The first-order chi connectivity index (χ1) is 8.45. The number of aryl methyl sites for hydroxylation is 3. The molecule has 0 spiro atoms. The van der Waals surface area contributed by atoms with Crippen LogP contribution in [-0.4, -0.2) is 16.9 Å². The Kier molecular flexibility index (Phi) is 3.34. The predicted molar refractivity (Wildman–Crippen MR) is 76.8 cm³/mol. The number of nitrogens with zero attached hydrogens (tertiary/aromatic N) is 2. The van der Waals surface area contributed by atoms with Crippen molar-refractivity contribution in [2.24, 2.45) is 7.05 Å². The van der Waals surface area contributed by atoms with Gasteiger partial charge in [0.25, 0.3) is 0 Å². The van der Waals surface area contributed by atoms with E-state index >= 15 is 0 Å². The fourth-order valence-corrected chi connectivity index (χ4v) is 2.38. The molecule has 0 aliphatic heterocycles. The summed E-state index contributed by atoms with van der Waals surface area (Å²) >= 11 is 3.48. The summed E-state index contributed by atoms with van der Waals surface area (Å²) in [6.45, 7) is 4.13. The summed E-state index contributed by atoms with van der Waals surface area (Å²) < 4.78 is 7.87. The number of methoxy groups -OCH3 is 1. The van der Waals surface area contributed by atoms with Crippen LogP contribution in [0.3, 0.4) is 0 Å². The molecule has 0 atom stereocenters. The fraction of sp³-hybridized carbons (Fsp3) is 0.308. The molecule has 1 aromatic heterocycles. The first-order valence-electron chi connectivity index (χ1n) is 5.59. The van der Waals surface area contributed by atoms with Crippen molar-refractivity contribution in [3.8, 4) is 17.0 Å². The van der Waals surface area contributed by atoms with Gasteiger partial charge < -0.3 is 10.5 Å². The maximum absolute atomic E-state index is 5.91. The molecule has 4 nitrogen and oxygen atoms in total. The third-order valence-electron chi connectivity index (χ3n) is 3.10. The Bertz CT molecular complexity index is 605. The zero-order valence-electron chi connectivity index (χ0n) is 10.9. The van der Waals surface area contributed by atoms with E-state index in [-0.39, 0.29) is 0 Å². The molecule has 18 heavy (non-hydrogen) atoms. The Labute approximate surface area is 115 Å². The van der Waals surface area contributed by atoms with Gasteiger partial charge in [0.05, 0.1) is 11.6 Å². The largest absolute Gasteiger partial charge is 0.496 e. The summed E-state index contributed by atoms with van der Waals surface area (Å²) in [6.07, 6.45) is 0. The molecule has 0 aliphatic rings. The summed E-state index contributed by atoms with van der Waals surface area (Å²) in [4.78, 5) is 0. The lowest BCUT2D eigenvalue weighted by Gasteiger charge is -2.10. The average molecular weight is 310 g/mol. The smallest absolute Gasteiger partial charge is 0.136 e. The molecule has 1 aromatic carbocycles. The molecule has 0 aliphatic carbocycles. The molecule has 0 fully saturated rings. The number of hydrogen-bond acceptors (Lipinski definition) is 3. The van der Waals surface area contributed by atoms with E-state index in [0.717, 1.165) is 21.5 Å². The van der Waals surface area contributed by atoms with E-state index in [4.69, 9.17) is 10.5 Å². The molecule has 0 radical (unpaired) electrons. The number of anilines is 1. The molecule has 2 aromatic rings. The van der Waals surface area contributed by atoms with Gasteiger partial charge in [0.1, 0.15) is 17.3 Å². The maximum atomic E-state index is 5.91. The van der Waals surface area contributed by atoms with Crippen molar-refractivity contribution in [3.63, 3.8) is 0 Å². The van der Waals surface area contributed by atoms with Crippen molar-refractivity contribution in [1.82, 2.24) is 9.78 Å². The van der Waals surface area contributed by atoms with Crippen molar-refractivity contribution in [2.45, 2.75) is 13.8 Å². The predicted octanol–water partition coefficient (Wildman–Crippen LogP) is 3.06. The molecular formula is C13H16BrN3O. The van der Waals surface area contributed by atoms with E-state index in [1.807, 2.05) is 13.1 Å². The van der Waals surface area contributed by atoms with Crippen LogP contribution in [-0.2, 0) is 7.05 Å². The van der Waals surface area contributed by atoms with Crippen molar-refractivity contribution < 1.29 is 4.74 Å². The highest BCUT2D eigenvalue weighted by atomic mass is 79.9. The van der Waals surface area contributed by atoms with Crippen LogP contribution in [0, 0.1) is 13.8 Å². The number of nitrogens with two attached hydrogens (primary N) is 1. The van der Waals surface area contributed by atoms with Gasteiger partial charge in [-0.2, -0.15) is 5.10 Å². The van der Waals surface area contributed by atoms with Crippen LogP contribution in [0.25, 0.3) is 11.3 Å². The standard InChI is InChI=1S/C13H16BrN3O/c1-7-5-9(10(18-4)6-8(7)2)12-11(14)13(15)17(3)16-12/h5-6H,15H2,1-4H3. The number of rotatable bonds is 2. The van der Waals surface area contributed by atoms with Crippen molar-refractivity contribution in [1.29, 1.82) is 0 Å². The van der Waals surface area contributed by atoms with E-state index in [0.29, 0.717) is 5.82 Å². The second kappa shape index (κ2) is 4.65. The van der Waals surface area contributed by atoms with Gasteiger partial charge in [-0.3, -0.25) is 4.68 Å². The Hall–Kier alpha value is -1.49. The average Bonchev–Trinajstić information content (AvgIpc) is 2.60. The summed E-state index contributed by atoms with van der Waals surface area (Å²) in [5.74, 6) is 1.40. The van der Waals surface area contributed by atoms with E-state index in [9.17, 15) is 0 Å². The molecule has 1 heterocycles. The maximum Gasteiger partial charge on any atom is 0.136 e. The summed E-state index contributed by atoms with van der Waals surface area (Å²) in [5, 5.41) is 4.42. The quantitative estimate of drug-likeness (QED) is 0.927. The van der Waals surface area contributed by atoms with Gasteiger partial charge in [-0.1, -0.05) is 0 Å². The molecule has 0 saturated carbocycles. The second-order valence-electron chi connectivity index (χ2n) is 4.31. The molecule has 2 rings (SSSR count). The van der Waals surface area contributed by atoms with Crippen LogP contribution in [0.4, 0.5) is 5.82 Å². The molecule has 0 unspecified atom stereocenters. The van der Waals surface area contributed by atoms with Crippen LogP contribution < -0.4 is 10.5 Å². The van der Waals surface area contributed by atoms with E-state index in [1.165, 1.54) is 11.1 Å². The van der Waals surface area contributed by atoms with Crippen LogP contribution in [0.2, 0.25) is 0 Å². The lowest BCUT2D eigenvalue weighted by Crippen LogP contribution is -1.97. The zero-order chi connectivity index (χ0) is 13.4. The number of aromatic nitrogens is 2. The number of nitrogen functional groups attached to an aromatic ring is 1. The molecular weight excluding hydrogens is 294 g/mol. The third-order valence-corrected chi connectivity index (χ3v) is 3.88. The van der Waals surface area contributed by atoms with Gasteiger partial charge in [-0.05, 0) is 53.0 Å². The minimum atomic E-state index is 0.602. The first-order valence-corrected chi connectivity index (χ1v) is 6.38. The zero-order valence-corrected chi connectivity index (χ0v) is 12.5. The Morgan fingerprint density at radius 2 is 1.89 bits per heavy atom. The number of benzene rings is 1. The molecule has 0 amide bonds. The molecule has 2 N–H and O–H groups in total. The van der Waals surface area contributed by atoms with Gasteiger partial charge >= 0.3 is 0 Å². The summed E-state index contributed by atoms with van der Waals surface area (Å²) in [6, 6.07) is 4.09. The highest BCUT2D eigenvalue weighted by Gasteiger charge is 2.17. The number of halogens is 1. The Balaban J connectivity index is 2.70. The van der Waals surface area contributed by atoms with E-state index < -0.39 is 0 Å². The monoisotopic (exact) mass is 309 g/mol. The van der Waals surface area contributed by atoms with Gasteiger partial charge in [-0.25, -0.2) is 0 Å². The normalized spacial score (nSPS) is 10.7. The van der Waals surface area contributed by atoms with Crippen LogP contribution in [0.5, 0.6) is 5.75 Å². The van der Waals surface area contributed by atoms with Crippen LogP contribution >= 0.6 is 15.9 Å². The molecule has 96 valence electrons. The highest BCUT2D eigenvalue weighted by molar-refractivity contribution is 9.10. The minimum absolute atomic E-state index is 0.602. The fourth-order valence-electron chi connectivity index (χ4n) is 1.83. The Morgan fingerprint density at radius 3 is 2.39 bits per heavy atom. The first kappa shape index (κ1) is 13.0. The van der Waals surface area contributed by atoms with Gasteiger partial charge in [0.15, 0.2) is 0 Å². The van der Waals surface area contributed by atoms with Crippen molar-refractivity contribution in [3.05, 3.63) is 27.7 Å². The van der Waals surface area contributed by atoms with E-state index in [1.54, 1.807) is 11.8 Å². The molecule has 5 heteroatoms. The topological polar surface area (TPSA) is 53.1 Å². The van der Waals surface area contributed by atoms with E-state index in [2.05, 4.69) is 40.9 Å². The summed E-state index contributed by atoms with van der Waals surface area (Å²) in [5.41, 5.74) is 10.0. The van der Waals surface area contributed by atoms with Crippen molar-refractivity contribution in [2.75, 3.05) is 12.8 Å². The second-order valence-corrected chi connectivity index (χ2v) is 5.10. The van der Waals surface area contributed by atoms with Gasteiger partial charge in [0.2, 0.25) is 0 Å². The van der Waals surface area contributed by atoms with Gasteiger partial charge in [0, 0.05) is 12.6 Å². The lowest BCUT2D eigenvalue weighted by atomic mass is 10.0. The van der Waals surface area contributed by atoms with Crippen LogP contribution in [0.1, 0.15) is 11.1 Å². The third kappa shape index (κ3) is 1.99. The number of hydrogen-bond donors (Lipinski definition) is 1. The van der Waals surface area contributed by atoms with Gasteiger partial charge in [-0.15, -0.1) is 0 Å². The minimum Gasteiger partial charge on any atom is -0.496 e. The molecule has 0 saturated heterocycles.